The van der Waals surface area contributed by atoms with Crippen LogP contribution in [0, 0.1) is 0 Å². The van der Waals surface area contributed by atoms with Gasteiger partial charge in [0.1, 0.15) is 5.82 Å². The summed E-state index contributed by atoms with van der Waals surface area (Å²) in [6, 6.07) is 18.0. The molecule has 2 amide bonds. The number of carbonyl (C=O) groups is 2. The summed E-state index contributed by atoms with van der Waals surface area (Å²) in [7, 11) is 0. The Kier molecular flexibility index (Phi) is 5.64. The fourth-order valence-corrected chi connectivity index (χ4v) is 4.51. The van der Waals surface area contributed by atoms with Crippen molar-refractivity contribution in [1.29, 1.82) is 0 Å². The zero-order valence-electron chi connectivity index (χ0n) is 18.1. The van der Waals surface area contributed by atoms with E-state index in [1.54, 1.807) is 0 Å². The Hall–Kier alpha value is -3.94. The van der Waals surface area contributed by atoms with Gasteiger partial charge in [-0.2, -0.15) is 4.98 Å². The van der Waals surface area contributed by atoms with E-state index in [1.807, 2.05) is 47.4 Å². The van der Waals surface area contributed by atoms with Crippen LogP contribution in [0.1, 0.15) is 34.6 Å². The van der Waals surface area contributed by atoms with Crippen LogP contribution in [-0.2, 0) is 29.0 Å². The molecule has 8 heteroatoms. The van der Waals surface area contributed by atoms with Gasteiger partial charge in [0.15, 0.2) is 0 Å². The second-order valence-electron chi connectivity index (χ2n) is 8.42. The topological polar surface area (TPSA) is 107 Å². The minimum absolute atomic E-state index is 0.0780. The number of nitrogens with zero attached hydrogens (tertiary/aromatic N) is 2. The number of nitrogens with one attached hydrogen (secondary N) is 3. The molecule has 2 aliphatic rings. The molecular weight excluding hydrogens is 418 g/mol. The molecule has 0 spiro atoms. The van der Waals surface area contributed by atoms with Crippen LogP contribution in [0.25, 0.3) is 0 Å². The minimum Gasteiger partial charge on any atom is -0.355 e. The van der Waals surface area contributed by atoms with Crippen LogP contribution in [0.15, 0.2) is 59.4 Å². The zero-order chi connectivity index (χ0) is 22.8. The van der Waals surface area contributed by atoms with Crippen LogP contribution in [0.3, 0.4) is 0 Å². The van der Waals surface area contributed by atoms with Gasteiger partial charge in [0, 0.05) is 26.1 Å². The molecule has 2 aromatic carbocycles. The van der Waals surface area contributed by atoms with E-state index in [9.17, 15) is 14.4 Å². The summed E-state index contributed by atoms with van der Waals surface area (Å²) < 4.78 is 0. The smallest absolute Gasteiger partial charge is 0.258 e. The molecule has 0 unspecified atom stereocenters. The Morgan fingerprint density at radius 1 is 1.06 bits per heavy atom. The Balaban J connectivity index is 1.35. The Bertz CT molecular complexity index is 1250. The summed E-state index contributed by atoms with van der Waals surface area (Å²) in [5.41, 5.74) is 3.40. The van der Waals surface area contributed by atoms with Crippen molar-refractivity contribution in [1.82, 2.24) is 15.3 Å². The SMILES string of the molecule is O=C1C[C@H](C(=O)NCCc2ccccc2)c2c(nc(N3CCc4ccccc4C3)[nH]c2=O)N1. The third-order valence-corrected chi connectivity index (χ3v) is 6.24. The van der Waals surface area contributed by atoms with Crippen LogP contribution in [0.4, 0.5) is 11.8 Å². The molecule has 33 heavy (non-hydrogen) atoms. The first-order valence-electron chi connectivity index (χ1n) is 11.2. The Morgan fingerprint density at radius 3 is 2.64 bits per heavy atom. The summed E-state index contributed by atoms with van der Waals surface area (Å²) in [4.78, 5) is 47.6. The third-order valence-electron chi connectivity index (χ3n) is 6.24. The van der Waals surface area contributed by atoms with E-state index in [2.05, 4.69) is 32.7 Å². The normalized spacial score (nSPS) is 17.0. The predicted octanol–water partition coefficient (Wildman–Crippen LogP) is 2.12. The van der Waals surface area contributed by atoms with Gasteiger partial charge in [0.05, 0.1) is 11.5 Å². The van der Waals surface area contributed by atoms with Crippen LogP contribution < -0.4 is 21.1 Å². The van der Waals surface area contributed by atoms with Crippen molar-refractivity contribution in [3.63, 3.8) is 0 Å². The van der Waals surface area contributed by atoms with Gasteiger partial charge in [0.2, 0.25) is 17.8 Å². The van der Waals surface area contributed by atoms with Gasteiger partial charge in [-0.05, 0) is 29.5 Å². The first-order chi connectivity index (χ1) is 16.1. The number of anilines is 2. The van der Waals surface area contributed by atoms with Crippen LogP contribution in [0.2, 0.25) is 0 Å². The maximum Gasteiger partial charge on any atom is 0.258 e. The lowest BCUT2D eigenvalue weighted by atomic mass is 9.92. The summed E-state index contributed by atoms with van der Waals surface area (Å²) in [5, 5.41) is 5.56. The monoisotopic (exact) mass is 443 g/mol. The molecule has 1 aromatic heterocycles. The fraction of sp³-hybridized carbons (Fsp3) is 0.280. The van der Waals surface area contributed by atoms with E-state index in [0.29, 0.717) is 32.0 Å². The van der Waals surface area contributed by atoms with Crippen molar-refractivity contribution in [2.75, 3.05) is 23.3 Å². The van der Waals surface area contributed by atoms with Crippen LogP contribution >= 0.6 is 0 Å². The number of carbonyl (C=O) groups excluding carboxylic acids is 2. The summed E-state index contributed by atoms with van der Waals surface area (Å²) in [6.07, 6.45) is 1.43. The molecule has 0 radical (unpaired) electrons. The molecule has 2 aliphatic heterocycles. The van der Waals surface area contributed by atoms with Gasteiger partial charge in [-0.25, -0.2) is 0 Å². The highest BCUT2D eigenvalue weighted by molar-refractivity contribution is 6.00. The molecule has 8 nitrogen and oxygen atoms in total. The number of aromatic nitrogens is 2. The van der Waals surface area contributed by atoms with Gasteiger partial charge in [-0.3, -0.25) is 19.4 Å². The van der Waals surface area contributed by atoms with Crippen molar-refractivity contribution in [2.45, 2.75) is 31.7 Å². The molecule has 0 bridgehead atoms. The first kappa shape index (κ1) is 20.9. The quantitative estimate of drug-likeness (QED) is 0.560. The average molecular weight is 444 g/mol. The van der Waals surface area contributed by atoms with Crippen molar-refractivity contribution in [3.05, 3.63) is 87.2 Å². The predicted molar refractivity (Wildman–Crippen MR) is 125 cm³/mol. The average Bonchev–Trinajstić information content (AvgIpc) is 2.83. The largest absolute Gasteiger partial charge is 0.355 e. The number of hydrogen-bond acceptors (Lipinski definition) is 5. The van der Waals surface area contributed by atoms with Gasteiger partial charge in [0.25, 0.3) is 5.56 Å². The molecular formula is C25H25N5O3. The number of amides is 2. The highest BCUT2D eigenvalue weighted by Gasteiger charge is 2.35. The van der Waals surface area contributed by atoms with E-state index < -0.39 is 11.5 Å². The molecule has 0 saturated carbocycles. The summed E-state index contributed by atoms with van der Waals surface area (Å²) in [6.45, 7) is 1.75. The fourth-order valence-electron chi connectivity index (χ4n) is 4.51. The molecule has 5 rings (SSSR count). The van der Waals surface area contributed by atoms with Gasteiger partial charge >= 0.3 is 0 Å². The number of fused-ring (bicyclic) bond motifs is 2. The number of H-pyrrole nitrogens is 1. The molecule has 3 N–H and O–H groups in total. The lowest BCUT2D eigenvalue weighted by Gasteiger charge is -2.30. The minimum atomic E-state index is -0.864. The standard InChI is InChI=1S/C25H25N5O3/c31-20-14-19(23(32)26-12-10-16-6-2-1-3-7-16)21-22(27-20)28-25(29-24(21)33)30-13-11-17-8-4-5-9-18(17)15-30/h1-9,19H,10-15H2,(H,26,32)(H2,27,28,29,31,33)/t19-/m0/s1. The highest BCUT2D eigenvalue weighted by atomic mass is 16.2. The first-order valence-corrected chi connectivity index (χ1v) is 11.2. The number of aromatic amines is 1. The summed E-state index contributed by atoms with van der Waals surface area (Å²) >= 11 is 0. The number of benzene rings is 2. The summed E-state index contributed by atoms with van der Waals surface area (Å²) in [5.74, 6) is -0.949. The molecule has 0 aliphatic carbocycles. The Morgan fingerprint density at radius 2 is 1.82 bits per heavy atom. The second kappa shape index (κ2) is 8.90. The molecule has 3 heterocycles. The van der Waals surface area contributed by atoms with Crippen LogP contribution in [0.5, 0.6) is 0 Å². The van der Waals surface area contributed by atoms with Crippen molar-refractivity contribution in [2.24, 2.45) is 0 Å². The third kappa shape index (κ3) is 4.37. The van der Waals surface area contributed by atoms with Crippen molar-refractivity contribution in [3.8, 4) is 0 Å². The van der Waals surface area contributed by atoms with Crippen molar-refractivity contribution >= 4 is 23.6 Å². The molecule has 0 saturated heterocycles. The van der Waals surface area contributed by atoms with E-state index >= 15 is 0 Å². The van der Waals surface area contributed by atoms with Gasteiger partial charge < -0.3 is 15.5 Å². The molecule has 1 atom stereocenters. The molecule has 168 valence electrons. The molecule has 3 aromatic rings. The van der Waals surface area contributed by atoms with E-state index in [1.165, 1.54) is 11.1 Å². The van der Waals surface area contributed by atoms with Crippen LogP contribution in [-0.4, -0.2) is 34.9 Å². The van der Waals surface area contributed by atoms with Gasteiger partial charge in [-0.15, -0.1) is 0 Å². The number of hydrogen-bond donors (Lipinski definition) is 3. The second-order valence-corrected chi connectivity index (χ2v) is 8.42. The maximum absolute atomic E-state index is 13.0. The highest BCUT2D eigenvalue weighted by Crippen LogP contribution is 2.30. The zero-order valence-corrected chi connectivity index (χ0v) is 18.1. The van der Waals surface area contributed by atoms with Gasteiger partial charge in [-0.1, -0.05) is 54.6 Å². The van der Waals surface area contributed by atoms with Crippen molar-refractivity contribution < 1.29 is 9.59 Å². The van der Waals surface area contributed by atoms with E-state index in [-0.39, 0.29) is 29.6 Å². The lowest BCUT2D eigenvalue weighted by molar-refractivity contribution is -0.126. The lowest BCUT2D eigenvalue weighted by Crippen LogP contribution is -2.41. The van der Waals surface area contributed by atoms with E-state index in [4.69, 9.17) is 0 Å². The maximum atomic E-state index is 13.0. The number of rotatable bonds is 5. The molecule has 0 fully saturated rings. The Labute approximate surface area is 191 Å². The van der Waals surface area contributed by atoms with E-state index in [0.717, 1.165) is 12.0 Å².